The monoisotopic (exact) mass is 376 g/mol. The van der Waals surface area contributed by atoms with Gasteiger partial charge in [0.15, 0.2) is 6.29 Å². The average molecular weight is 376 g/mol. The van der Waals surface area contributed by atoms with Gasteiger partial charge in [0, 0.05) is 6.54 Å². The first-order chi connectivity index (χ1) is 12.2. The summed E-state index contributed by atoms with van der Waals surface area (Å²) < 4.78 is 5.16. The van der Waals surface area contributed by atoms with Crippen LogP contribution in [0.4, 0.5) is 0 Å². The number of hydrogen-bond donors (Lipinski definition) is 6. The molecule has 152 valence electrons. The van der Waals surface area contributed by atoms with Gasteiger partial charge in [-0.15, -0.1) is 0 Å². The van der Waals surface area contributed by atoms with Crippen LogP contribution in [-0.4, -0.2) is 98.8 Å². The second-order valence-electron chi connectivity index (χ2n) is 7.58. The normalized spacial score (nSPS) is 41.0. The fraction of sp³-hybridized carbons (Fsp3) is 0.941. The van der Waals surface area contributed by atoms with Crippen LogP contribution in [0.1, 0.15) is 33.1 Å². The summed E-state index contributed by atoms with van der Waals surface area (Å²) >= 11 is 0. The van der Waals surface area contributed by atoms with Crippen molar-refractivity contribution in [1.82, 2.24) is 10.2 Å². The first-order valence-electron chi connectivity index (χ1n) is 9.23. The molecule has 26 heavy (non-hydrogen) atoms. The molecule has 0 aromatic heterocycles. The maximum atomic E-state index is 12.7. The van der Waals surface area contributed by atoms with E-state index in [0.717, 1.165) is 19.4 Å². The molecule has 0 spiro atoms. The molecule has 2 rings (SSSR count). The molecule has 2 heterocycles. The van der Waals surface area contributed by atoms with Crippen molar-refractivity contribution in [2.45, 2.75) is 82.0 Å². The van der Waals surface area contributed by atoms with Crippen molar-refractivity contribution in [3.05, 3.63) is 0 Å². The van der Waals surface area contributed by atoms with Crippen LogP contribution < -0.4 is 5.32 Å². The van der Waals surface area contributed by atoms with Crippen molar-refractivity contribution < 1.29 is 35.1 Å². The van der Waals surface area contributed by atoms with Crippen molar-refractivity contribution in [3.8, 4) is 0 Å². The molecular formula is C17H32N2O7. The Morgan fingerprint density at radius 2 is 1.88 bits per heavy atom. The van der Waals surface area contributed by atoms with Gasteiger partial charge in [-0.2, -0.15) is 0 Å². The van der Waals surface area contributed by atoms with Gasteiger partial charge in [0.2, 0.25) is 5.91 Å². The minimum Gasteiger partial charge on any atom is -0.391 e. The van der Waals surface area contributed by atoms with E-state index in [4.69, 9.17) is 4.74 Å². The number of likely N-dealkylation sites (tertiary alicyclic amines) is 1. The fourth-order valence-corrected chi connectivity index (χ4v) is 3.95. The van der Waals surface area contributed by atoms with Gasteiger partial charge in [0.1, 0.15) is 24.4 Å². The Morgan fingerprint density at radius 1 is 1.23 bits per heavy atom. The number of aliphatic hydroxyl groups is 5. The van der Waals surface area contributed by atoms with Crippen molar-refractivity contribution >= 4 is 5.91 Å². The van der Waals surface area contributed by atoms with Crippen molar-refractivity contribution in [2.75, 3.05) is 13.6 Å². The molecule has 2 saturated heterocycles. The molecule has 5 unspecified atom stereocenters. The van der Waals surface area contributed by atoms with E-state index < -0.39 is 42.9 Å². The molecule has 9 atom stereocenters. The summed E-state index contributed by atoms with van der Waals surface area (Å²) in [6, 6.07) is -1.40. The first-order valence-corrected chi connectivity index (χ1v) is 9.23. The van der Waals surface area contributed by atoms with Crippen LogP contribution in [0.15, 0.2) is 0 Å². The number of ether oxygens (including phenoxy) is 1. The summed E-state index contributed by atoms with van der Waals surface area (Å²) in [4.78, 5) is 14.7. The van der Waals surface area contributed by atoms with Crippen LogP contribution in [0.3, 0.4) is 0 Å². The average Bonchev–Trinajstić information content (AvgIpc) is 2.95. The lowest BCUT2D eigenvalue weighted by atomic mass is 9.91. The third kappa shape index (κ3) is 4.53. The Labute approximate surface area is 153 Å². The van der Waals surface area contributed by atoms with Gasteiger partial charge in [-0.25, -0.2) is 0 Å². The standard InChI is InChI=1S/C17H32N2O7/c1-4-5-9-6-10(19(3)7-9)16(24)18-11(8(2)20)15-13(22)12(21)14(23)17(25)26-15/h8-15,17,20-23,25H,4-7H2,1-3H3,(H,18,24)/t8-,9-,10+,11-,12?,13?,14?,15?,17?/m1/s1. The van der Waals surface area contributed by atoms with Crippen LogP contribution in [0.25, 0.3) is 0 Å². The number of carbonyl (C=O) groups is 1. The molecule has 0 saturated carbocycles. The number of likely N-dealkylation sites (N-methyl/N-ethyl adjacent to an activating group) is 1. The predicted molar refractivity (Wildman–Crippen MR) is 91.9 cm³/mol. The SMILES string of the molecule is CCC[C@@H]1C[C@@H](C(=O)N[C@@H](C2OC(O)C(O)C(O)C2O)[C@@H](C)O)N(C)C1. The zero-order chi connectivity index (χ0) is 19.6. The zero-order valence-corrected chi connectivity index (χ0v) is 15.5. The van der Waals surface area contributed by atoms with Gasteiger partial charge in [-0.3, -0.25) is 9.69 Å². The van der Waals surface area contributed by atoms with E-state index in [1.807, 2.05) is 11.9 Å². The molecule has 2 fully saturated rings. The molecule has 9 nitrogen and oxygen atoms in total. The molecule has 0 aromatic carbocycles. The van der Waals surface area contributed by atoms with Crippen LogP contribution >= 0.6 is 0 Å². The number of aliphatic hydroxyl groups excluding tert-OH is 5. The molecule has 9 heteroatoms. The summed E-state index contributed by atoms with van der Waals surface area (Å²) in [6.45, 7) is 4.34. The number of amides is 1. The van der Waals surface area contributed by atoms with Gasteiger partial charge in [-0.1, -0.05) is 13.3 Å². The van der Waals surface area contributed by atoms with Gasteiger partial charge >= 0.3 is 0 Å². The first kappa shape index (κ1) is 21.5. The van der Waals surface area contributed by atoms with Crippen LogP contribution in [-0.2, 0) is 9.53 Å². The quantitative estimate of drug-likeness (QED) is 0.306. The molecule has 0 radical (unpaired) electrons. The van der Waals surface area contributed by atoms with E-state index in [0.29, 0.717) is 12.3 Å². The summed E-state index contributed by atoms with van der Waals surface area (Å²) in [6.07, 6.45) is -6.18. The number of hydrogen-bond acceptors (Lipinski definition) is 8. The third-order valence-corrected chi connectivity index (χ3v) is 5.44. The summed E-state index contributed by atoms with van der Waals surface area (Å²) in [5.74, 6) is 0.129. The largest absolute Gasteiger partial charge is 0.391 e. The zero-order valence-electron chi connectivity index (χ0n) is 15.5. The Hall–Kier alpha value is -0.810. The second kappa shape index (κ2) is 8.92. The maximum Gasteiger partial charge on any atom is 0.237 e. The summed E-state index contributed by atoms with van der Waals surface area (Å²) in [7, 11) is 1.87. The molecule has 0 aromatic rings. The topological polar surface area (TPSA) is 143 Å². The van der Waals surface area contributed by atoms with E-state index in [9.17, 15) is 30.3 Å². The minimum absolute atomic E-state index is 0.303. The molecule has 6 N–H and O–H groups in total. The molecule has 2 aliphatic rings. The lowest BCUT2D eigenvalue weighted by Gasteiger charge is -2.42. The molecule has 0 bridgehead atoms. The minimum atomic E-state index is -1.72. The third-order valence-electron chi connectivity index (χ3n) is 5.44. The van der Waals surface area contributed by atoms with Gasteiger partial charge < -0.3 is 35.6 Å². The second-order valence-corrected chi connectivity index (χ2v) is 7.58. The highest BCUT2D eigenvalue weighted by Crippen LogP contribution is 2.27. The number of rotatable bonds is 6. The van der Waals surface area contributed by atoms with Crippen molar-refractivity contribution in [3.63, 3.8) is 0 Å². The number of carbonyl (C=O) groups excluding carboxylic acids is 1. The molecule has 0 aliphatic carbocycles. The Kier molecular flexibility index (Phi) is 7.37. The highest BCUT2D eigenvalue weighted by atomic mass is 16.6. The highest BCUT2D eigenvalue weighted by Gasteiger charge is 2.48. The van der Waals surface area contributed by atoms with Crippen LogP contribution in [0.5, 0.6) is 0 Å². The number of nitrogens with one attached hydrogen (secondary N) is 1. The fourth-order valence-electron chi connectivity index (χ4n) is 3.95. The van der Waals surface area contributed by atoms with Gasteiger partial charge in [0.25, 0.3) is 0 Å². The van der Waals surface area contributed by atoms with E-state index in [-0.39, 0.29) is 11.9 Å². The van der Waals surface area contributed by atoms with E-state index in [2.05, 4.69) is 12.2 Å². The predicted octanol–water partition coefficient (Wildman–Crippen LogP) is -2.23. The molecular weight excluding hydrogens is 344 g/mol. The van der Waals surface area contributed by atoms with Gasteiger partial charge in [0.05, 0.1) is 18.2 Å². The van der Waals surface area contributed by atoms with Crippen molar-refractivity contribution in [1.29, 1.82) is 0 Å². The highest BCUT2D eigenvalue weighted by molar-refractivity contribution is 5.82. The van der Waals surface area contributed by atoms with Crippen molar-refractivity contribution in [2.24, 2.45) is 5.92 Å². The lowest BCUT2D eigenvalue weighted by Crippen LogP contribution is -2.66. The Balaban J connectivity index is 2.07. The summed E-state index contributed by atoms with van der Waals surface area (Å²) in [5, 5.41) is 52.1. The molecule has 1 amide bonds. The number of nitrogens with zero attached hydrogens (tertiary/aromatic N) is 1. The Morgan fingerprint density at radius 3 is 2.46 bits per heavy atom. The molecule has 2 aliphatic heterocycles. The van der Waals surface area contributed by atoms with E-state index in [1.165, 1.54) is 6.92 Å². The van der Waals surface area contributed by atoms with E-state index in [1.54, 1.807) is 0 Å². The van der Waals surface area contributed by atoms with Crippen LogP contribution in [0.2, 0.25) is 0 Å². The van der Waals surface area contributed by atoms with Gasteiger partial charge in [-0.05, 0) is 32.7 Å². The van der Waals surface area contributed by atoms with E-state index >= 15 is 0 Å². The Bertz CT molecular complexity index is 478. The summed E-state index contributed by atoms with van der Waals surface area (Å²) in [5.41, 5.74) is 0. The maximum absolute atomic E-state index is 12.7. The van der Waals surface area contributed by atoms with Crippen LogP contribution in [0, 0.1) is 5.92 Å². The smallest absolute Gasteiger partial charge is 0.237 e. The lowest BCUT2D eigenvalue weighted by molar-refractivity contribution is -0.289.